The van der Waals surface area contributed by atoms with Crippen LogP contribution in [0.3, 0.4) is 0 Å². The number of rotatable bonds is 3. The zero-order valence-corrected chi connectivity index (χ0v) is 12.3. The minimum Gasteiger partial charge on any atom is -0.360 e. The Balaban J connectivity index is 2.38. The largest absolute Gasteiger partial charge is 0.360 e. The summed E-state index contributed by atoms with van der Waals surface area (Å²) in [4.78, 5) is 18.7. The number of carbonyl (C=O) groups is 1. The third-order valence-corrected chi connectivity index (χ3v) is 3.36. The molecular weight excluding hydrogens is 254 g/mol. The molecule has 0 aromatic carbocycles. The van der Waals surface area contributed by atoms with Gasteiger partial charge in [-0.3, -0.25) is 4.79 Å². The zero-order valence-electron chi connectivity index (χ0n) is 12.3. The van der Waals surface area contributed by atoms with Crippen LogP contribution in [0.2, 0.25) is 0 Å². The van der Waals surface area contributed by atoms with Gasteiger partial charge in [-0.15, -0.1) is 0 Å². The highest BCUT2D eigenvalue weighted by atomic mass is 16.1. The summed E-state index contributed by atoms with van der Waals surface area (Å²) in [7, 11) is 1.61. The lowest BCUT2D eigenvalue weighted by Gasteiger charge is -2.16. The minimum absolute atomic E-state index is 0.172. The number of amidine groups is 1. The molecule has 0 unspecified atom stereocenters. The Morgan fingerprint density at radius 1 is 1.45 bits per heavy atom. The summed E-state index contributed by atoms with van der Waals surface area (Å²) in [6.45, 7) is 5.94. The number of amides is 1. The fraction of sp³-hybridized carbons (Fsp3) is 0.500. The Bertz CT molecular complexity index is 538. The molecule has 0 aliphatic carbocycles. The molecule has 1 aromatic heterocycles. The smallest absolute Gasteiger partial charge is 0.256 e. The van der Waals surface area contributed by atoms with Gasteiger partial charge in [0.15, 0.2) is 5.82 Å². The van der Waals surface area contributed by atoms with Gasteiger partial charge < -0.3 is 10.2 Å². The standard InChI is InChI=1S/C14H21N5O/c1-4-7-19-13(12(10-16-19)14(20)15-3)17-11(2)18-8-5-6-9-18/h4,7,10H,5-6,8-9H2,1-3H3,(H,15,20)/b7-4-,17-11+. The van der Waals surface area contributed by atoms with Crippen molar-refractivity contribution in [3.05, 3.63) is 17.8 Å². The Kier molecular flexibility index (Phi) is 4.55. The molecule has 108 valence electrons. The SMILES string of the molecule is C/C=C\n1ncc(C(=O)NC)c1/N=C(\C)N1CCCC1. The molecule has 0 spiro atoms. The van der Waals surface area contributed by atoms with Crippen LogP contribution >= 0.6 is 0 Å². The molecule has 6 nitrogen and oxygen atoms in total. The van der Waals surface area contributed by atoms with Crippen LogP contribution in [-0.4, -0.2) is 46.6 Å². The van der Waals surface area contributed by atoms with E-state index in [-0.39, 0.29) is 5.91 Å². The summed E-state index contributed by atoms with van der Waals surface area (Å²) in [5.41, 5.74) is 0.490. The molecule has 2 heterocycles. The summed E-state index contributed by atoms with van der Waals surface area (Å²) in [6, 6.07) is 0. The van der Waals surface area contributed by atoms with Crippen molar-refractivity contribution in [2.75, 3.05) is 20.1 Å². The molecular formula is C14H21N5O. The fourth-order valence-corrected chi connectivity index (χ4v) is 2.28. The first-order chi connectivity index (χ1) is 9.67. The highest BCUT2D eigenvalue weighted by Gasteiger charge is 2.18. The first-order valence-corrected chi connectivity index (χ1v) is 6.90. The van der Waals surface area contributed by atoms with E-state index in [1.807, 2.05) is 19.9 Å². The molecule has 0 bridgehead atoms. The van der Waals surface area contributed by atoms with E-state index in [2.05, 4.69) is 20.3 Å². The lowest BCUT2D eigenvalue weighted by Crippen LogP contribution is -2.25. The summed E-state index contributed by atoms with van der Waals surface area (Å²) in [5.74, 6) is 1.33. The van der Waals surface area contributed by atoms with Crippen LogP contribution in [0, 0.1) is 0 Å². The maximum absolute atomic E-state index is 11.9. The topological polar surface area (TPSA) is 62.5 Å². The monoisotopic (exact) mass is 275 g/mol. The molecule has 2 rings (SSSR count). The highest BCUT2D eigenvalue weighted by Crippen LogP contribution is 2.21. The van der Waals surface area contributed by atoms with E-state index in [1.165, 1.54) is 12.8 Å². The lowest BCUT2D eigenvalue weighted by molar-refractivity contribution is 0.0964. The number of aromatic nitrogens is 2. The van der Waals surface area contributed by atoms with Crippen molar-refractivity contribution in [2.45, 2.75) is 26.7 Å². The Morgan fingerprint density at radius 3 is 2.75 bits per heavy atom. The number of nitrogens with one attached hydrogen (secondary N) is 1. The van der Waals surface area contributed by atoms with Crippen LogP contribution in [0.5, 0.6) is 0 Å². The molecule has 20 heavy (non-hydrogen) atoms. The Labute approximate surface area is 119 Å². The maximum atomic E-state index is 11.9. The van der Waals surface area contributed by atoms with Crippen LogP contribution in [-0.2, 0) is 0 Å². The normalized spacial score (nSPS) is 16.1. The van der Waals surface area contributed by atoms with Gasteiger partial charge in [0, 0.05) is 26.3 Å². The van der Waals surface area contributed by atoms with Crippen molar-refractivity contribution in [1.29, 1.82) is 0 Å². The second kappa shape index (κ2) is 6.36. The zero-order chi connectivity index (χ0) is 14.5. The first-order valence-electron chi connectivity index (χ1n) is 6.90. The average Bonchev–Trinajstić information content (AvgIpc) is 3.09. The first kappa shape index (κ1) is 14.3. The van der Waals surface area contributed by atoms with Crippen molar-refractivity contribution >= 4 is 23.8 Å². The second-order valence-electron chi connectivity index (χ2n) is 4.74. The second-order valence-corrected chi connectivity index (χ2v) is 4.74. The highest BCUT2D eigenvalue weighted by molar-refractivity contribution is 5.99. The van der Waals surface area contributed by atoms with Gasteiger partial charge in [-0.25, -0.2) is 9.67 Å². The van der Waals surface area contributed by atoms with E-state index < -0.39 is 0 Å². The number of hydrogen-bond donors (Lipinski definition) is 1. The van der Waals surface area contributed by atoms with Crippen molar-refractivity contribution in [3.8, 4) is 0 Å². The fourth-order valence-electron chi connectivity index (χ4n) is 2.28. The molecule has 0 radical (unpaired) electrons. The summed E-state index contributed by atoms with van der Waals surface area (Å²) in [6.07, 6.45) is 7.61. The van der Waals surface area contributed by atoms with Crippen molar-refractivity contribution < 1.29 is 4.79 Å². The number of nitrogens with zero attached hydrogens (tertiary/aromatic N) is 4. The predicted octanol–water partition coefficient (Wildman–Crippen LogP) is 1.88. The van der Waals surface area contributed by atoms with Crippen molar-refractivity contribution in [3.63, 3.8) is 0 Å². The quantitative estimate of drug-likeness (QED) is 0.676. The Hall–Kier alpha value is -2.11. The molecule has 1 aliphatic rings. The number of hydrogen-bond acceptors (Lipinski definition) is 3. The van der Waals surface area contributed by atoms with E-state index >= 15 is 0 Å². The molecule has 1 aliphatic heterocycles. The third-order valence-electron chi connectivity index (χ3n) is 3.36. The Morgan fingerprint density at radius 2 is 2.15 bits per heavy atom. The predicted molar refractivity (Wildman–Crippen MR) is 80.2 cm³/mol. The van der Waals surface area contributed by atoms with Gasteiger partial charge in [0.1, 0.15) is 11.4 Å². The third kappa shape index (κ3) is 2.89. The lowest BCUT2D eigenvalue weighted by atomic mass is 10.3. The van der Waals surface area contributed by atoms with Gasteiger partial charge in [-0.2, -0.15) is 5.10 Å². The molecule has 0 atom stereocenters. The minimum atomic E-state index is -0.172. The maximum Gasteiger partial charge on any atom is 0.256 e. The number of carbonyl (C=O) groups excluding carboxylic acids is 1. The number of aliphatic imine (C=N–C) groups is 1. The molecule has 6 heteroatoms. The number of likely N-dealkylation sites (tertiary alicyclic amines) is 1. The van der Waals surface area contributed by atoms with Crippen LogP contribution in [0.25, 0.3) is 6.20 Å². The molecule has 1 fully saturated rings. The molecule has 1 aromatic rings. The molecule has 1 saturated heterocycles. The van der Waals surface area contributed by atoms with E-state index in [4.69, 9.17) is 0 Å². The van der Waals surface area contributed by atoms with E-state index in [0.717, 1.165) is 18.9 Å². The van der Waals surface area contributed by atoms with Crippen LogP contribution < -0.4 is 5.32 Å². The van der Waals surface area contributed by atoms with Gasteiger partial charge in [0.05, 0.1) is 6.20 Å². The summed E-state index contributed by atoms with van der Waals surface area (Å²) >= 11 is 0. The van der Waals surface area contributed by atoms with Crippen molar-refractivity contribution in [2.24, 2.45) is 4.99 Å². The molecule has 0 saturated carbocycles. The van der Waals surface area contributed by atoms with E-state index in [0.29, 0.717) is 11.4 Å². The average molecular weight is 275 g/mol. The van der Waals surface area contributed by atoms with Crippen LogP contribution in [0.15, 0.2) is 17.3 Å². The number of allylic oxidation sites excluding steroid dienone is 1. The van der Waals surface area contributed by atoms with Gasteiger partial charge in [0.25, 0.3) is 5.91 Å². The molecule has 1 amide bonds. The summed E-state index contributed by atoms with van der Waals surface area (Å²) in [5, 5.41) is 6.82. The van der Waals surface area contributed by atoms with E-state index in [1.54, 1.807) is 24.1 Å². The van der Waals surface area contributed by atoms with Gasteiger partial charge in [-0.05, 0) is 26.7 Å². The van der Waals surface area contributed by atoms with Crippen molar-refractivity contribution in [1.82, 2.24) is 20.0 Å². The summed E-state index contributed by atoms with van der Waals surface area (Å²) < 4.78 is 1.63. The van der Waals surface area contributed by atoms with Gasteiger partial charge in [0.2, 0.25) is 0 Å². The van der Waals surface area contributed by atoms with Gasteiger partial charge in [-0.1, -0.05) is 6.08 Å². The van der Waals surface area contributed by atoms with Crippen LogP contribution in [0.4, 0.5) is 5.82 Å². The van der Waals surface area contributed by atoms with Crippen LogP contribution in [0.1, 0.15) is 37.0 Å². The van der Waals surface area contributed by atoms with Gasteiger partial charge >= 0.3 is 0 Å². The molecule has 1 N–H and O–H groups in total. The van der Waals surface area contributed by atoms with E-state index in [9.17, 15) is 4.79 Å².